The first-order valence-electron chi connectivity index (χ1n) is 11.3. The lowest BCUT2D eigenvalue weighted by Gasteiger charge is -2.29. The minimum atomic E-state index is -1.27. The Kier molecular flexibility index (Phi) is 6.41. The monoisotopic (exact) mass is 468 g/mol. The van der Waals surface area contributed by atoms with Crippen LogP contribution < -0.4 is 11.1 Å². The first-order valence-corrected chi connectivity index (χ1v) is 11.3. The lowest BCUT2D eigenvalue weighted by molar-refractivity contribution is -0.145. The maximum Gasteiger partial charge on any atom is 0.272 e. The number of nitrogens with two attached hydrogens (primary N) is 1. The summed E-state index contributed by atoms with van der Waals surface area (Å²) in [4.78, 5) is 66.7. The summed E-state index contributed by atoms with van der Waals surface area (Å²) in [5.41, 5.74) is 6.58. The number of hydrogen-bond acceptors (Lipinski definition) is 7. The van der Waals surface area contributed by atoms with Gasteiger partial charge in [0.2, 0.25) is 17.8 Å². The standard InChI is InChI=1S/C24H28N4O6/c1-13(2)11-16(26-22(31)14-3-5-15(25)6-4-14)23(32)27-9-7-17-20(27)19(30)12-28(17)24(33)21-18(29)8-10-34-21/h3-6,8,10,13,16-17,20-21H,7,9,11-12,25H2,1-2H3,(H,26,31). The lowest BCUT2D eigenvalue weighted by Crippen LogP contribution is -2.53. The number of ketones is 2. The molecule has 0 bridgehead atoms. The van der Waals surface area contributed by atoms with Gasteiger partial charge in [-0.15, -0.1) is 0 Å². The number of benzene rings is 1. The number of nitrogens with one attached hydrogen (secondary N) is 1. The molecule has 3 heterocycles. The van der Waals surface area contributed by atoms with Crippen molar-refractivity contribution in [3.63, 3.8) is 0 Å². The van der Waals surface area contributed by atoms with E-state index in [1.807, 2.05) is 13.8 Å². The molecule has 34 heavy (non-hydrogen) atoms. The minimum absolute atomic E-state index is 0.106. The molecule has 3 aliphatic heterocycles. The molecule has 3 N–H and O–H groups in total. The fourth-order valence-electron chi connectivity index (χ4n) is 4.80. The summed E-state index contributed by atoms with van der Waals surface area (Å²) in [6.45, 7) is 3.97. The zero-order valence-corrected chi connectivity index (χ0v) is 19.1. The van der Waals surface area contributed by atoms with E-state index >= 15 is 0 Å². The van der Waals surface area contributed by atoms with Gasteiger partial charge in [0.25, 0.3) is 11.8 Å². The van der Waals surface area contributed by atoms with Gasteiger partial charge in [0.1, 0.15) is 12.1 Å². The number of amides is 3. The van der Waals surface area contributed by atoms with Crippen LogP contribution >= 0.6 is 0 Å². The number of fused-ring (bicyclic) bond motifs is 1. The van der Waals surface area contributed by atoms with Gasteiger partial charge in [-0.05, 0) is 43.0 Å². The molecular formula is C24H28N4O6. The number of nitrogens with zero attached hydrogens (tertiary/aromatic N) is 2. The molecule has 180 valence electrons. The Morgan fingerprint density at radius 2 is 1.85 bits per heavy atom. The normalized spacial score (nSPS) is 24.4. The van der Waals surface area contributed by atoms with Gasteiger partial charge >= 0.3 is 0 Å². The third-order valence-corrected chi connectivity index (χ3v) is 6.40. The second kappa shape index (κ2) is 9.28. The molecule has 0 aromatic heterocycles. The van der Waals surface area contributed by atoms with Crippen molar-refractivity contribution >= 4 is 35.0 Å². The molecule has 4 unspecified atom stereocenters. The van der Waals surface area contributed by atoms with E-state index < -0.39 is 41.8 Å². The Hall–Kier alpha value is -3.69. The first kappa shape index (κ1) is 23.5. The van der Waals surface area contributed by atoms with Crippen molar-refractivity contribution in [2.45, 2.75) is 50.9 Å². The third kappa shape index (κ3) is 4.40. The fourth-order valence-corrected chi connectivity index (χ4v) is 4.80. The van der Waals surface area contributed by atoms with Crippen molar-refractivity contribution in [1.29, 1.82) is 0 Å². The molecule has 3 aliphatic rings. The van der Waals surface area contributed by atoms with E-state index in [4.69, 9.17) is 10.5 Å². The molecule has 1 aromatic rings. The van der Waals surface area contributed by atoms with Gasteiger partial charge in [0.05, 0.1) is 18.8 Å². The van der Waals surface area contributed by atoms with Crippen molar-refractivity contribution in [1.82, 2.24) is 15.1 Å². The van der Waals surface area contributed by atoms with Crippen LogP contribution in [0.25, 0.3) is 0 Å². The van der Waals surface area contributed by atoms with E-state index in [1.165, 1.54) is 22.1 Å². The quantitative estimate of drug-likeness (QED) is 0.451. The topological polar surface area (TPSA) is 139 Å². The summed E-state index contributed by atoms with van der Waals surface area (Å²) in [6, 6.07) is 4.23. The van der Waals surface area contributed by atoms with Gasteiger partial charge in [0.15, 0.2) is 5.78 Å². The first-order chi connectivity index (χ1) is 16.2. The van der Waals surface area contributed by atoms with Gasteiger partial charge in [0, 0.05) is 23.9 Å². The molecule has 10 nitrogen and oxygen atoms in total. The van der Waals surface area contributed by atoms with Crippen molar-refractivity contribution in [3.8, 4) is 0 Å². The van der Waals surface area contributed by atoms with Crippen molar-refractivity contribution in [3.05, 3.63) is 42.2 Å². The summed E-state index contributed by atoms with van der Waals surface area (Å²) in [6.07, 6.45) is 1.88. The van der Waals surface area contributed by atoms with E-state index in [2.05, 4.69) is 5.32 Å². The average Bonchev–Trinajstić information content (AvgIpc) is 3.49. The molecule has 2 fully saturated rings. The van der Waals surface area contributed by atoms with Gasteiger partial charge in [-0.2, -0.15) is 0 Å². The molecule has 0 spiro atoms. The molecule has 2 saturated heterocycles. The van der Waals surface area contributed by atoms with E-state index in [0.717, 1.165) is 0 Å². The highest BCUT2D eigenvalue weighted by atomic mass is 16.5. The fraction of sp³-hybridized carbons (Fsp3) is 0.458. The molecule has 1 aromatic carbocycles. The number of likely N-dealkylation sites (tertiary alicyclic amines) is 2. The predicted octanol–water partition coefficient (Wildman–Crippen LogP) is 0.276. The number of hydrogen-bond donors (Lipinski definition) is 2. The maximum atomic E-state index is 13.5. The number of nitrogen functional groups attached to an aromatic ring is 1. The predicted molar refractivity (Wildman–Crippen MR) is 121 cm³/mol. The van der Waals surface area contributed by atoms with Crippen molar-refractivity contribution in [2.75, 3.05) is 18.8 Å². The van der Waals surface area contributed by atoms with Crippen LogP contribution in [0.1, 0.15) is 37.0 Å². The second-order valence-electron chi connectivity index (χ2n) is 9.26. The van der Waals surface area contributed by atoms with Crippen LogP contribution in [0.2, 0.25) is 0 Å². The number of anilines is 1. The second-order valence-corrected chi connectivity index (χ2v) is 9.26. The third-order valence-electron chi connectivity index (χ3n) is 6.40. The van der Waals surface area contributed by atoms with Gasteiger partial charge in [-0.25, -0.2) is 0 Å². The van der Waals surface area contributed by atoms with Crippen LogP contribution in [-0.2, 0) is 23.9 Å². The highest BCUT2D eigenvalue weighted by Gasteiger charge is 2.53. The zero-order valence-electron chi connectivity index (χ0n) is 19.1. The van der Waals surface area contributed by atoms with Crippen LogP contribution in [-0.4, -0.2) is 76.4 Å². The Balaban J connectivity index is 1.49. The van der Waals surface area contributed by atoms with Crippen molar-refractivity contribution < 1.29 is 28.7 Å². The van der Waals surface area contributed by atoms with Crippen LogP contribution in [0.4, 0.5) is 5.69 Å². The molecule has 3 amide bonds. The summed E-state index contributed by atoms with van der Waals surface area (Å²) in [5.74, 6) is -1.96. The van der Waals surface area contributed by atoms with E-state index in [1.54, 1.807) is 24.3 Å². The number of carbonyl (C=O) groups excluding carboxylic acids is 5. The van der Waals surface area contributed by atoms with Gasteiger partial charge in [-0.1, -0.05) is 13.8 Å². The molecular weight excluding hydrogens is 440 g/mol. The van der Waals surface area contributed by atoms with E-state index in [-0.39, 0.29) is 30.7 Å². The van der Waals surface area contributed by atoms with E-state index in [9.17, 15) is 24.0 Å². The summed E-state index contributed by atoms with van der Waals surface area (Å²) >= 11 is 0. The number of rotatable bonds is 6. The summed E-state index contributed by atoms with van der Waals surface area (Å²) in [5, 5.41) is 2.80. The molecule has 10 heteroatoms. The number of Topliss-reactive ketones (excluding diaryl/α,β-unsaturated/α-hetero) is 1. The maximum absolute atomic E-state index is 13.5. The van der Waals surface area contributed by atoms with Crippen LogP contribution in [0.3, 0.4) is 0 Å². The SMILES string of the molecule is CC(C)CC(NC(=O)c1ccc(N)cc1)C(=O)N1CCC2C1C(=O)CN2C(=O)C1OC=CC1=O. The zero-order chi connectivity index (χ0) is 24.6. The average molecular weight is 469 g/mol. The highest BCUT2D eigenvalue weighted by molar-refractivity contribution is 6.12. The lowest BCUT2D eigenvalue weighted by atomic mass is 10.0. The van der Waals surface area contributed by atoms with Crippen LogP contribution in [0, 0.1) is 5.92 Å². The molecule has 0 saturated carbocycles. The minimum Gasteiger partial charge on any atom is -0.480 e. The number of ether oxygens (including phenoxy) is 1. The van der Waals surface area contributed by atoms with Crippen LogP contribution in [0.5, 0.6) is 0 Å². The number of carbonyl (C=O) groups is 5. The highest BCUT2D eigenvalue weighted by Crippen LogP contribution is 2.32. The Labute approximate surface area is 197 Å². The van der Waals surface area contributed by atoms with Gasteiger partial charge < -0.3 is 25.6 Å². The summed E-state index contributed by atoms with van der Waals surface area (Å²) < 4.78 is 5.10. The molecule has 4 atom stereocenters. The van der Waals surface area contributed by atoms with E-state index in [0.29, 0.717) is 24.1 Å². The Morgan fingerprint density at radius 1 is 1.15 bits per heavy atom. The summed E-state index contributed by atoms with van der Waals surface area (Å²) in [7, 11) is 0. The van der Waals surface area contributed by atoms with Gasteiger partial charge in [-0.3, -0.25) is 24.0 Å². The molecule has 4 rings (SSSR count). The largest absolute Gasteiger partial charge is 0.480 e. The Bertz CT molecular complexity index is 1050. The molecule has 0 aliphatic carbocycles. The van der Waals surface area contributed by atoms with Crippen molar-refractivity contribution in [2.24, 2.45) is 5.92 Å². The Morgan fingerprint density at radius 3 is 2.47 bits per heavy atom. The smallest absolute Gasteiger partial charge is 0.272 e. The van der Waals surface area contributed by atoms with Crippen LogP contribution in [0.15, 0.2) is 36.6 Å². The molecule has 0 radical (unpaired) electrons.